The number of fused-ring (bicyclic) bond motifs is 2. The molecule has 0 spiro atoms. The average Bonchev–Trinajstić information content (AvgIpc) is 3.52. The Morgan fingerprint density at radius 1 is 0.811 bits per heavy atom. The highest BCUT2D eigenvalue weighted by Crippen LogP contribution is 2.41. The molecule has 0 aliphatic carbocycles. The van der Waals surface area contributed by atoms with Crippen LogP contribution in [0.3, 0.4) is 0 Å². The van der Waals surface area contributed by atoms with Gasteiger partial charge >= 0.3 is 5.97 Å². The largest absolute Gasteiger partial charge is 0.465 e. The number of likely N-dealkylation sites (N-methyl/N-ethyl adjacent to an activating group) is 1. The molecule has 208 valence electrons. The fraction of sp³-hybridized carbons (Fsp3) is 0.742. The minimum atomic E-state index is -0.508. The number of ether oxygens (including phenoxy) is 2. The lowest BCUT2D eigenvalue weighted by Crippen LogP contribution is -2.52. The van der Waals surface area contributed by atoms with Crippen LogP contribution in [0.25, 0.3) is 0 Å². The van der Waals surface area contributed by atoms with Crippen LogP contribution in [0.15, 0.2) is 36.5 Å². The van der Waals surface area contributed by atoms with Gasteiger partial charge in [0.05, 0.1) is 24.7 Å². The van der Waals surface area contributed by atoms with Crippen molar-refractivity contribution in [1.82, 2.24) is 9.80 Å². The molecule has 4 atom stereocenters. The molecule has 3 rings (SSSR count). The summed E-state index contributed by atoms with van der Waals surface area (Å²) < 4.78 is 11.5. The zero-order valence-electron chi connectivity index (χ0n) is 23.3. The number of allylic oxidation sites excluding steroid dienone is 4. The van der Waals surface area contributed by atoms with Crippen LogP contribution in [0.1, 0.15) is 84.0 Å². The van der Waals surface area contributed by atoms with E-state index in [9.17, 15) is 9.59 Å². The van der Waals surface area contributed by atoms with Crippen LogP contribution in [0.4, 0.5) is 0 Å². The van der Waals surface area contributed by atoms with E-state index >= 15 is 0 Å². The zero-order chi connectivity index (χ0) is 26.3. The molecule has 3 aliphatic rings. The number of unbranched alkanes of at least 4 members (excludes halogenated alkanes) is 9. The van der Waals surface area contributed by atoms with E-state index in [1.165, 1.54) is 51.4 Å². The maximum atomic E-state index is 13.2. The Morgan fingerprint density at radius 3 is 2.08 bits per heavy atom. The van der Waals surface area contributed by atoms with E-state index in [1.807, 2.05) is 17.1 Å². The number of nitrogens with zero attached hydrogens (tertiary/aromatic N) is 2. The standard InChI is InChI=1S/C31H50N2O4/c1-3-4-5-6-7-8-9-10-11-12-13-14-15-16-17-18-25-36-31(35)29-27-20-19-26(37-27)28(29)30(34)33-23-21-32(2)22-24-33/h7-8,10-11,19-20,26-29H,3-6,9,12-18,21-25H2,1-2H3. The van der Waals surface area contributed by atoms with E-state index in [2.05, 4.69) is 43.2 Å². The number of piperazine rings is 1. The first-order valence-electron chi connectivity index (χ1n) is 14.9. The first kappa shape index (κ1) is 29.6. The van der Waals surface area contributed by atoms with Gasteiger partial charge in [0.1, 0.15) is 5.92 Å². The third kappa shape index (κ3) is 9.72. The maximum Gasteiger partial charge on any atom is 0.312 e. The predicted octanol–water partition coefficient (Wildman–Crippen LogP) is 5.69. The number of hydrogen-bond donors (Lipinski definition) is 0. The molecular formula is C31H50N2O4. The molecule has 1 amide bonds. The summed E-state index contributed by atoms with van der Waals surface area (Å²) in [5, 5.41) is 0. The second-order valence-electron chi connectivity index (χ2n) is 10.9. The van der Waals surface area contributed by atoms with Crippen LogP contribution in [-0.2, 0) is 19.1 Å². The molecule has 2 saturated heterocycles. The van der Waals surface area contributed by atoms with E-state index in [0.717, 1.165) is 38.8 Å². The molecule has 3 aliphatic heterocycles. The number of hydrogen-bond acceptors (Lipinski definition) is 5. The topological polar surface area (TPSA) is 59.1 Å². The quantitative estimate of drug-likeness (QED) is 0.142. The molecule has 2 fully saturated rings. The third-order valence-electron chi connectivity index (χ3n) is 7.86. The first-order valence-corrected chi connectivity index (χ1v) is 14.9. The number of carbonyl (C=O) groups excluding carboxylic acids is 2. The number of carbonyl (C=O) groups is 2. The number of esters is 1. The lowest BCUT2D eigenvalue weighted by atomic mass is 9.82. The van der Waals surface area contributed by atoms with Gasteiger partial charge in [0.2, 0.25) is 5.91 Å². The molecule has 2 bridgehead atoms. The summed E-state index contributed by atoms with van der Waals surface area (Å²) in [7, 11) is 2.07. The van der Waals surface area contributed by atoms with Crippen molar-refractivity contribution in [1.29, 1.82) is 0 Å². The molecule has 0 saturated carbocycles. The minimum absolute atomic E-state index is 0.0422. The van der Waals surface area contributed by atoms with E-state index < -0.39 is 11.8 Å². The van der Waals surface area contributed by atoms with Crippen molar-refractivity contribution in [3.63, 3.8) is 0 Å². The Bertz CT molecular complexity index is 769. The Balaban J connectivity index is 1.22. The summed E-state index contributed by atoms with van der Waals surface area (Å²) in [5.41, 5.74) is 0. The molecule has 0 aromatic carbocycles. The molecule has 0 radical (unpaired) electrons. The molecule has 6 heteroatoms. The number of rotatable bonds is 17. The zero-order valence-corrected chi connectivity index (χ0v) is 23.3. The van der Waals surface area contributed by atoms with Gasteiger partial charge in [0.15, 0.2) is 0 Å². The molecule has 0 N–H and O–H groups in total. The van der Waals surface area contributed by atoms with E-state index in [0.29, 0.717) is 19.7 Å². The Kier molecular flexibility index (Phi) is 13.5. The summed E-state index contributed by atoms with van der Waals surface area (Å²) in [6.07, 6.45) is 26.6. The monoisotopic (exact) mass is 514 g/mol. The second-order valence-corrected chi connectivity index (χ2v) is 10.9. The molecular weight excluding hydrogens is 464 g/mol. The average molecular weight is 515 g/mol. The van der Waals surface area contributed by atoms with E-state index in [4.69, 9.17) is 9.47 Å². The van der Waals surface area contributed by atoms with Crippen LogP contribution in [-0.4, -0.2) is 73.7 Å². The highest BCUT2D eigenvalue weighted by atomic mass is 16.5. The SMILES string of the molecule is CCCCCC=CCC=CCCCCCCCCOC(=O)C1C2C=CC(O2)C1C(=O)N1CCN(C)CC1. The van der Waals surface area contributed by atoms with Crippen molar-refractivity contribution in [3.05, 3.63) is 36.5 Å². The van der Waals surface area contributed by atoms with E-state index in [1.54, 1.807) is 0 Å². The maximum absolute atomic E-state index is 13.2. The fourth-order valence-corrected chi connectivity index (χ4v) is 5.48. The van der Waals surface area contributed by atoms with Gasteiger partial charge in [-0.15, -0.1) is 0 Å². The Labute approximate surface area is 225 Å². The lowest BCUT2D eigenvalue weighted by Gasteiger charge is -2.35. The fourth-order valence-electron chi connectivity index (χ4n) is 5.48. The smallest absolute Gasteiger partial charge is 0.312 e. The van der Waals surface area contributed by atoms with Crippen molar-refractivity contribution in [2.24, 2.45) is 11.8 Å². The normalized spacial score (nSPS) is 25.6. The molecule has 0 aromatic heterocycles. The molecule has 3 heterocycles. The van der Waals surface area contributed by atoms with Crippen LogP contribution >= 0.6 is 0 Å². The number of amides is 1. The van der Waals surface area contributed by atoms with Gasteiger partial charge < -0.3 is 19.3 Å². The third-order valence-corrected chi connectivity index (χ3v) is 7.86. The van der Waals surface area contributed by atoms with Gasteiger partial charge in [-0.3, -0.25) is 9.59 Å². The van der Waals surface area contributed by atoms with E-state index in [-0.39, 0.29) is 24.1 Å². The first-order chi connectivity index (χ1) is 18.1. The van der Waals surface area contributed by atoms with Gasteiger partial charge in [-0.2, -0.15) is 0 Å². The van der Waals surface area contributed by atoms with Crippen molar-refractivity contribution < 1.29 is 19.1 Å². The van der Waals surface area contributed by atoms with Gasteiger partial charge in [-0.05, 0) is 45.6 Å². The van der Waals surface area contributed by atoms with Crippen LogP contribution in [0, 0.1) is 11.8 Å². The summed E-state index contributed by atoms with van der Waals surface area (Å²) >= 11 is 0. The molecule has 37 heavy (non-hydrogen) atoms. The van der Waals surface area contributed by atoms with Crippen LogP contribution < -0.4 is 0 Å². The van der Waals surface area contributed by atoms with Gasteiger partial charge in [0, 0.05) is 26.2 Å². The summed E-state index contributed by atoms with van der Waals surface area (Å²) in [5.74, 6) is -1.18. The molecule has 0 aromatic rings. The van der Waals surface area contributed by atoms with Gasteiger partial charge in [0.25, 0.3) is 0 Å². The van der Waals surface area contributed by atoms with Crippen LogP contribution in [0.2, 0.25) is 0 Å². The second kappa shape index (κ2) is 16.8. The van der Waals surface area contributed by atoms with Crippen molar-refractivity contribution in [2.75, 3.05) is 39.8 Å². The molecule has 6 nitrogen and oxygen atoms in total. The highest BCUT2D eigenvalue weighted by Gasteiger charge is 2.54. The summed E-state index contributed by atoms with van der Waals surface area (Å²) in [6, 6.07) is 0. The van der Waals surface area contributed by atoms with Crippen molar-refractivity contribution in [3.8, 4) is 0 Å². The Hall–Kier alpha value is -1.92. The van der Waals surface area contributed by atoms with Gasteiger partial charge in [-0.25, -0.2) is 0 Å². The minimum Gasteiger partial charge on any atom is -0.465 e. The predicted molar refractivity (Wildman–Crippen MR) is 149 cm³/mol. The Morgan fingerprint density at radius 2 is 1.41 bits per heavy atom. The van der Waals surface area contributed by atoms with Gasteiger partial charge in [-0.1, -0.05) is 81.9 Å². The summed E-state index contributed by atoms with van der Waals surface area (Å²) in [4.78, 5) is 30.3. The summed E-state index contributed by atoms with van der Waals surface area (Å²) in [6.45, 7) is 5.83. The van der Waals surface area contributed by atoms with Crippen molar-refractivity contribution in [2.45, 2.75) is 96.2 Å². The lowest BCUT2D eigenvalue weighted by molar-refractivity contribution is -0.155. The molecule has 4 unspecified atom stereocenters. The van der Waals surface area contributed by atoms with Crippen LogP contribution in [0.5, 0.6) is 0 Å². The van der Waals surface area contributed by atoms with Crippen molar-refractivity contribution >= 4 is 11.9 Å². The highest BCUT2D eigenvalue weighted by molar-refractivity contribution is 5.88.